The largest absolute Gasteiger partial charge is 0.480 e. The summed E-state index contributed by atoms with van der Waals surface area (Å²) < 4.78 is 4.07. The first-order chi connectivity index (χ1) is 4.18. The zero-order valence-corrected chi connectivity index (χ0v) is 4.61. The maximum atomic E-state index is 9.88. The first-order valence-electron chi connectivity index (χ1n) is 2.22. The van der Waals surface area contributed by atoms with Crippen molar-refractivity contribution in [2.45, 2.75) is 6.04 Å². The van der Waals surface area contributed by atoms with Crippen LogP contribution in [0, 0.1) is 0 Å². The van der Waals surface area contributed by atoms with Crippen LogP contribution in [0.15, 0.2) is 0 Å². The van der Waals surface area contributed by atoms with Gasteiger partial charge in [-0.15, -0.1) is 0 Å². The van der Waals surface area contributed by atoms with Gasteiger partial charge in [0.25, 0.3) is 6.47 Å². The molecule has 52 valence electrons. The number of carbonyl (C=O) groups is 2. The summed E-state index contributed by atoms with van der Waals surface area (Å²) in [6.45, 7) is -0.123. The van der Waals surface area contributed by atoms with Crippen LogP contribution in [0.4, 0.5) is 0 Å². The van der Waals surface area contributed by atoms with Crippen molar-refractivity contribution in [1.82, 2.24) is 0 Å². The smallest absolute Gasteiger partial charge is 0.324 e. The monoisotopic (exact) mass is 133 g/mol. The summed E-state index contributed by atoms with van der Waals surface area (Å²) in [6, 6.07) is -1.12. The van der Waals surface area contributed by atoms with E-state index in [1.54, 1.807) is 0 Å². The molecule has 1 atom stereocenters. The summed E-state index contributed by atoms with van der Waals surface area (Å²) in [6.07, 6.45) is 0. The third kappa shape index (κ3) is 3.48. The minimum Gasteiger partial charge on any atom is -0.480 e. The molecule has 0 spiro atoms. The maximum absolute atomic E-state index is 9.88. The number of carbonyl (C=O) groups excluding carboxylic acids is 1. The molecule has 9 heavy (non-hydrogen) atoms. The Morgan fingerprint density at radius 1 is 1.89 bits per heavy atom. The lowest BCUT2D eigenvalue weighted by atomic mass is 10.3. The van der Waals surface area contributed by atoms with E-state index in [1.807, 2.05) is 0 Å². The SMILES string of the molecule is NC(COC=O)C(=O)O. The van der Waals surface area contributed by atoms with Crippen LogP contribution in [0.25, 0.3) is 0 Å². The van der Waals surface area contributed by atoms with Crippen molar-refractivity contribution < 1.29 is 19.4 Å². The predicted octanol–water partition coefficient (Wildman–Crippen LogP) is -1.43. The van der Waals surface area contributed by atoms with Gasteiger partial charge in [0.15, 0.2) is 0 Å². The van der Waals surface area contributed by atoms with Crippen LogP contribution in [0.5, 0.6) is 0 Å². The van der Waals surface area contributed by atoms with E-state index in [2.05, 4.69) is 4.74 Å². The number of carboxylic acid groups (broad SMARTS) is 1. The number of ether oxygens (including phenoxy) is 1. The Labute approximate surface area is 51.4 Å². The fraction of sp³-hybridized carbons (Fsp3) is 0.500. The average Bonchev–Trinajstić information content (AvgIpc) is 1.82. The van der Waals surface area contributed by atoms with Crippen molar-refractivity contribution in [3.63, 3.8) is 0 Å². The lowest BCUT2D eigenvalue weighted by Gasteiger charge is -2.01. The fourth-order valence-electron chi connectivity index (χ4n) is 0.214. The standard InChI is InChI=1S/C4H7NO4/c5-3(4(7)8)1-9-2-6/h2-3H,1,5H2,(H,7,8). The van der Waals surface area contributed by atoms with Crippen LogP contribution in [-0.4, -0.2) is 30.2 Å². The van der Waals surface area contributed by atoms with Crippen LogP contribution >= 0.6 is 0 Å². The minimum atomic E-state index is -1.18. The number of hydrogen-bond acceptors (Lipinski definition) is 4. The van der Waals surface area contributed by atoms with E-state index in [9.17, 15) is 9.59 Å². The lowest BCUT2D eigenvalue weighted by molar-refractivity contribution is -0.141. The van der Waals surface area contributed by atoms with Gasteiger partial charge in [0.2, 0.25) is 0 Å². The zero-order chi connectivity index (χ0) is 7.28. The van der Waals surface area contributed by atoms with Gasteiger partial charge in [0, 0.05) is 0 Å². The Kier molecular flexibility index (Phi) is 3.38. The van der Waals surface area contributed by atoms with Crippen molar-refractivity contribution in [1.29, 1.82) is 0 Å². The molecule has 0 bridgehead atoms. The van der Waals surface area contributed by atoms with Gasteiger partial charge in [-0.1, -0.05) is 0 Å². The molecule has 0 aliphatic heterocycles. The van der Waals surface area contributed by atoms with Gasteiger partial charge in [-0.3, -0.25) is 9.59 Å². The number of aliphatic carboxylic acids is 1. The molecule has 0 fully saturated rings. The number of hydrogen-bond donors (Lipinski definition) is 2. The molecule has 0 aliphatic carbocycles. The van der Waals surface area contributed by atoms with Gasteiger partial charge in [-0.2, -0.15) is 0 Å². The topological polar surface area (TPSA) is 89.6 Å². The van der Waals surface area contributed by atoms with E-state index < -0.39 is 12.0 Å². The van der Waals surface area contributed by atoms with Crippen LogP contribution < -0.4 is 5.73 Å². The molecule has 0 saturated carbocycles. The van der Waals surface area contributed by atoms with Crippen LogP contribution in [0.3, 0.4) is 0 Å². The highest BCUT2D eigenvalue weighted by Crippen LogP contribution is 1.77. The van der Waals surface area contributed by atoms with E-state index in [0.29, 0.717) is 0 Å². The predicted molar refractivity (Wildman–Crippen MR) is 27.6 cm³/mol. The van der Waals surface area contributed by atoms with Crippen molar-refractivity contribution >= 4 is 12.4 Å². The molecule has 0 aliphatic rings. The van der Waals surface area contributed by atoms with Crippen molar-refractivity contribution in [2.75, 3.05) is 6.61 Å². The molecule has 3 N–H and O–H groups in total. The maximum Gasteiger partial charge on any atom is 0.324 e. The number of rotatable bonds is 4. The number of carboxylic acids is 1. The molecular weight excluding hydrogens is 126 g/mol. The molecule has 0 heterocycles. The number of nitrogens with two attached hydrogens (primary N) is 1. The Hall–Kier alpha value is -1.10. The second-order valence-corrected chi connectivity index (χ2v) is 1.37. The molecule has 0 aromatic rings. The van der Waals surface area contributed by atoms with Gasteiger partial charge in [-0.05, 0) is 0 Å². The average molecular weight is 133 g/mol. The van der Waals surface area contributed by atoms with E-state index in [4.69, 9.17) is 10.8 Å². The second kappa shape index (κ2) is 3.85. The van der Waals surface area contributed by atoms with Crippen LogP contribution in [0.1, 0.15) is 0 Å². The molecule has 0 amide bonds. The summed E-state index contributed by atoms with van der Waals surface area (Å²) in [5.41, 5.74) is 4.92. The molecule has 5 heteroatoms. The first kappa shape index (κ1) is 7.90. The van der Waals surface area contributed by atoms with E-state index in [0.717, 1.165) is 0 Å². The van der Waals surface area contributed by atoms with Gasteiger partial charge in [0.1, 0.15) is 12.6 Å². The summed E-state index contributed by atoms with van der Waals surface area (Å²) in [5, 5.41) is 8.09. The van der Waals surface area contributed by atoms with Gasteiger partial charge < -0.3 is 15.6 Å². The molecule has 0 aromatic heterocycles. The molecule has 0 rings (SSSR count). The molecule has 0 radical (unpaired) electrons. The van der Waals surface area contributed by atoms with Gasteiger partial charge in [-0.25, -0.2) is 0 Å². The first-order valence-corrected chi connectivity index (χ1v) is 2.22. The van der Waals surface area contributed by atoms with Crippen molar-refractivity contribution in [3.8, 4) is 0 Å². The van der Waals surface area contributed by atoms with Gasteiger partial charge in [0.05, 0.1) is 0 Å². The van der Waals surface area contributed by atoms with E-state index in [1.165, 1.54) is 0 Å². The fourth-order valence-corrected chi connectivity index (χ4v) is 0.214. The zero-order valence-electron chi connectivity index (χ0n) is 4.61. The summed E-state index contributed by atoms with van der Waals surface area (Å²) in [7, 11) is 0. The highest BCUT2D eigenvalue weighted by Gasteiger charge is 2.10. The van der Waals surface area contributed by atoms with Crippen molar-refractivity contribution in [2.24, 2.45) is 5.73 Å². The molecular formula is C4H7NO4. The summed E-state index contributed by atoms with van der Waals surface area (Å²) in [4.78, 5) is 19.3. The highest BCUT2D eigenvalue weighted by atomic mass is 16.5. The molecule has 5 nitrogen and oxygen atoms in total. The third-order valence-electron chi connectivity index (χ3n) is 0.661. The van der Waals surface area contributed by atoms with E-state index >= 15 is 0 Å². The third-order valence-corrected chi connectivity index (χ3v) is 0.661. The van der Waals surface area contributed by atoms with Crippen LogP contribution in [0.2, 0.25) is 0 Å². The Bertz CT molecular complexity index is 113. The van der Waals surface area contributed by atoms with Gasteiger partial charge >= 0.3 is 5.97 Å². The second-order valence-electron chi connectivity index (χ2n) is 1.37. The quantitative estimate of drug-likeness (QED) is 0.459. The van der Waals surface area contributed by atoms with Crippen LogP contribution in [-0.2, 0) is 14.3 Å². The molecule has 0 aromatic carbocycles. The molecule has 1 unspecified atom stereocenters. The highest BCUT2D eigenvalue weighted by molar-refractivity contribution is 5.73. The minimum absolute atomic E-state index is 0.156. The van der Waals surface area contributed by atoms with E-state index in [-0.39, 0.29) is 13.1 Å². The van der Waals surface area contributed by atoms with Crippen molar-refractivity contribution in [3.05, 3.63) is 0 Å². The molecule has 0 saturated heterocycles. The Morgan fingerprint density at radius 3 is 2.78 bits per heavy atom. The Balaban J connectivity index is 3.37. The summed E-state index contributed by atoms with van der Waals surface area (Å²) >= 11 is 0. The Morgan fingerprint density at radius 2 is 2.44 bits per heavy atom. The normalized spacial score (nSPS) is 12.1. The summed E-state index contributed by atoms with van der Waals surface area (Å²) in [5.74, 6) is -1.18. The lowest BCUT2D eigenvalue weighted by Crippen LogP contribution is -2.34.